The molecule has 7 rings (SSSR count). The lowest BCUT2D eigenvalue weighted by Crippen LogP contribution is -2.11. The van der Waals surface area contributed by atoms with Gasteiger partial charge in [0.05, 0.1) is 11.4 Å². The molecule has 40 heavy (non-hydrogen) atoms. The van der Waals surface area contributed by atoms with Gasteiger partial charge >= 0.3 is 0 Å². The molecule has 0 spiro atoms. The standard InChI is InChI=1S/C36H24F2N2/c37-26-9-6-10-28(20-26)40(27-16-13-24(14-17-27)23-7-2-1-3-8-23)36-22-33-30(29-11-4-5-12-31(29)36)18-15-25-19-35(39)34(38)21-32(25)33/h1-22H,39H2. The number of anilines is 4. The molecule has 0 aromatic heterocycles. The molecule has 0 heterocycles. The Morgan fingerprint density at radius 3 is 1.95 bits per heavy atom. The molecule has 0 unspecified atom stereocenters. The molecule has 7 aromatic rings. The highest BCUT2D eigenvalue weighted by molar-refractivity contribution is 6.21. The van der Waals surface area contributed by atoms with Crippen LogP contribution in [-0.4, -0.2) is 0 Å². The fourth-order valence-electron chi connectivity index (χ4n) is 5.59. The molecule has 4 heteroatoms. The van der Waals surface area contributed by atoms with E-state index in [0.717, 1.165) is 54.8 Å². The Morgan fingerprint density at radius 2 is 1.18 bits per heavy atom. The average Bonchev–Trinajstić information content (AvgIpc) is 2.99. The van der Waals surface area contributed by atoms with Gasteiger partial charge in [-0.25, -0.2) is 8.78 Å². The Bertz CT molecular complexity index is 2030. The fraction of sp³-hybridized carbons (Fsp3) is 0. The van der Waals surface area contributed by atoms with Crippen molar-refractivity contribution in [2.24, 2.45) is 0 Å². The number of nitrogens with zero attached hydrogens (tertiary/aromatic N) is 1. The highest BCUT2D eigenvalue weighted by Crippen LogP contribution is 2.44. The minimum absolute atomic E-state index is 0.118. The molecule has 0 aliphatic carbocycles. The maximum absolute atomic E-state index is 14.7. The highest BCUT2D eigenvalue weighted by Gasteiger charge is 2.19. The predicted octanol–water partition coefficient (Wildman–Crippen LogP) is 10.1. The highest BCUT2D eigenvalue weighted by atomic mass is 19.1. The molecule has 0 atom stereocenters. The molecule has 0 bridgehead atoms. The van der Waals surface area contributed by atoms with Crippen LogP contribution in [0, 0.1) is 11.6 Å². The normalized spacial score (nSPS) is 11.3. The Hall–Kier alpha value is -5.22. The van der Waals surface area contributed by atoms with E-state index in [1.54, 1.807) is 12.1 Å². The van der Waals surface area contributed by atoms with Crippen LogP contribution >= 0.6 is 0 Å². The first-order valence-corrected chi connectivity index (χ1v) is 13.1. The minimum atomic E-state index is -0.451. The van der Waals surface area contributed by atoms with E-state index in [-0.39, 0.29) is 11.5 Å². The van der Waals surface area contributed by atoms with Crippen LogP contribution in [0.4, 0.5) is 31.5 Å². The van der Waals surface area contributed by atoms with Gasteiger partial charge in [0, 0.05) is 16.8 Å². The van der Waals surface area contributed by atoms with Crippen LogP contribution < -0.4 is 10.6 Å². The van der Waals surface area contributed by atoms with Gasteiger partial charge in [-0.05, 0) is 86.6 Å². The van der Waals surface area contributed by atoms with E-state index < -0.39 is 5.82 Å². The van der Waals surface area contributed by atoms with E-state index in [1.165, 1.54) is 18.2 Å². The number of rotatable bonds is 4. The minimum Gasteiger partial charge on any atom is -0.396 e. The number of halogens is 2. The molecule has 0 saturated heterocycles. The first-order valence-electron chi connectivity index (χ1n) is 13.1. The maximum atomic E-state index is 14.7. The Labute approximate surface area is 230 Å². The monoisotopic (exact) mass is 522 g/mol. The molecule has 2 nitrogen and oxygen atoms in total. The van der Waals surface area contributed by atoms with Crippen LogP contribution in [0.5, 0.6) is 0 Å². The van der Waals surface area contributed by atoms with Crippen LogP contribution in [0.15, 0.2) is 133 Å². The zero-order valence-corrected chi connectivity index (χ0v) is 21.5. The number of benzene rings is 7. The van der Waals surface area contributed by atoms with Crippen molar-refractivity contribution in [2.45, 2.75) is 0 Å². The zero-order chi connectivity index (χ0) is 27.2. The molecule has 0 saturated carbocycles. The lowest BCUT2D eigenvalue weighted by molar-refractivity contribution is 0.628. The largest absolute Gasteiger partial charge is 0.396 e. The van der Waals surface area contributed by atoms with Crippen molar-refractivity contribution in [1.82, 2.24) is 0 Å². The summed E-state index contributed by atoms with van der Waals surface area (Å²) in [6.45, 7) is 0. The van der Waals surface area contributed by atoms with E-state index in [1.807, 2.05) is 42.5 Å². The van der Waals surface area contributed by atoms with Crippen LogP contribution in [0.1, 0.15) is 0 Å². The molecule has 0 radical (unpaired) electrons. The fourth-order valence-corrected chi connectivity index (χ4v) is 5.59. The zero-order valence-electron chi connectivity index (χ0n) is 21.5. The second-order valence-electron chi connectivity index (χ2n) is 9.92. The third-order valence-electron chi connectivity index (χ3n) is 7.49. The van der Waals surface area contributed by atoms with Crippen LogP contribution in [-0.2, 0) is 0 Å². The van der Waals surface area contributed by atoms with E-state index in [4.69, 9.17) is 5.73 Å². The smallest absolute Gasteiger partial charge is 0.146 e. The van der Waals surface area contributed by atoms with Crippen molar-refractivity contribution < 1.29 is 8.78 Å². The van der Waals surface area contributed by atoms with E-state index >= 15 is 0 Å². The van der Waals surface area contributed by atoms with Crippen LogP contribution in [0.25, 0.3) is 43.4 Å². The summed E-state index contributed by atoms with van der Waals surface area (Å²) in [5.74, 6) is -0.773. The number of hydrogen-bond acceptors (Lipinski definition) is 2. The number of nitrogen functional groups attached to an aromatic ring is 1. The van der Waals surface area contributed by atoms with Gasteiger partial charge in [-0.2, -0.15) is 0 Å². The van der Waals surface area contributed by atoms with Gasteiger partial charge in [0.1, 0.15) is 11.6 Å². The summed E-state index contributed by atoms with van der Waals surface area (Å²) >= 11 is 0. The second-order valence-corrected chi connectivity index (χ2v) is 9.92. The summed E-state index contributed by atoms with van der Waals surface area (Å²) in [6, 6.07) is 42.5. The van der Waals surface area contributed by atoms with Crippen molar-refractivity contribution >= 4 is 55.1 Å². The van der Waals surface area contributed by atoms with Gasteiger partial charge in [0.2, 0.25) is 0 Å². The summed E-state index contributed by atoms with van der Waals surface area (Å²) in [7, 11) is 0. The van der Waals surface area contributed by atoms with E-state index in [0.29, 0.717) is 5.69 Å². The Morgan fingerprint density at radius 1 is 0.475 bits per heavy atom. The first kappa shape index (κ1) is 23.9. The van der Waals surface area contributed by atoms with E-state index in [2.05, 4.69) is 65.6 Å². The number of hydrogen-bond donors (Lipinski definition) is 1. The topological polar surface area (TPSA) is 29.3 Å². The molecule has 0 fully saturated rings. The SMILES string of the molecule is Nc1cc2ccc3c4ccccc4c(N(c4ccc(-c5ccccc5)cc4)c4cccc(F)c4)cc3c2cc1F. The van der Waals surface area contributed by atoms with Gasteiger partial charge in [0.25, 0.3) is 0 Å². The molecule has 0 aliphatic heterocycles. The molecule has 2 N–H and O–H groups in total. The third kappa shape index (κ3) is 4.02. The molecular formula is C36H24F2N2. The van der Waals surface area contributed by atoms with Gasteiger partial charge in [-0.1, -0.05) is 84.9 Å². The first-order chi connectivity index (χ1) is 19.6. The van der Waals surface area contributed by atoms with Gasteiger partial charge < -0.3 is 10.6 Å². The third-order valence-corrected chi connectivity index (χ3v) is 7.49. The average molecular weight is 523 g/mol. The maximum Gasteiger partial charge on any atom is 0.146 e. The predicted molar refractivity (Wildman–Crippen MR) is 163 cm³/mol. The van der Waals surface area contributed by atoms with Crippen molar-refractivity contribution in [1.29, 1.82) is 0 Å². The summed E-state index contributed by atoms with van der Waals surface area (Å²) < 4.78 is 29.3. The molecule has 192 valence electrons. The Kier molecular flexibility index (Phi) is 5.67. The van der Waals surface area contributed by atoms with Crippen molar-refractivity contribution in [2.75, 3.05) is 10.6 Å². The molecular weight excluding hydrogens is 498 g/mol. The second kappa shape index (κ2) is 9.51. The summed E-state index contributed by atoms with van der Waals surface area (Å²) in [6.07, 6.45) is 0. The van der Waals surface area contributed by atoms with Crippen molar-refractivity contribution in [3.05, 3.63) is 145 Å². The summed E-state index contributed by atoms with van der Waals surface area (Å²) in [5, 5.41) is 5.56. The number of nitrogens with two attached hydrogens (primary N) is 1. The van der Waals surface area contributed by atoms with E-state index in [9.17, 15) is 8.78 Å². The van der Waals surface area contributed by atoms with Crippen LogP contribution in [0.2, 0.25) is 0 Å². The molecule has 0 amide bonds. The number of fused-ring (bicyclic) bond motifs is 5. The van der Waals surface area contributed by atoms with Gasteiger partial charge in [-0.15, -0.1) is 0 Å². The quantitative estimate of drug-likeness (QED) is 0.184. The summed E-state index contributed by atoms with van der Waals surface area (Å²) in [4.78, 5) is 2.06. The molecule has 0 aliphatic rings. The Balaban J connectivity index is 1.53. The van der Waals surface area contributed by atoms with Crippen molar-refractivity contribution in [3.8, 4) is 11.1 Å². The lowest BCUT2D eigenvalue weighted by atomic mass is 9.94. The van der Waals surface area contributed by atoms with Gasteiger partial charge in [0.15, 0.2) is 0 Å². The van der Waals surface area contributed by atoms with Crippen LogP contribution in [0.3, 0.4) is 0 Å². The molecule has 7 aromatic carbocycles. The van der Waals surface area contributed by atoms with Crippen molar-refractivity contribution in [3.63, 3.8) is 0 Å². The van der Waals surface area contributed by atoms with Gasteiger partial charge in [-0.3, -0.25) is 0 Å². The lowest BCUT2D eigenvalue weighted by Gasteiger charge is -2.28. The summed E-state index contributed by atoms with van der Waals surface area (Å²) in [5.41, 5.74) is 10.7.